The third-order valence-corrected chi connectivity index (χ3v) is 5.29. The monoisotopic (exact) mass is 310 g/mol. The minimum absolute atomic E-state index is 0.837. The first-order valence-corrected chi connectivity index (χ1v) is 8.71. The van der Waals surface area contributed by atoms with Crippen LogP contribution in [0.4, 0.5) is 0 Å². The molecule has 0 spiro atoms. The van der Waals surface area contributed by atoms with E-state index in [1.54, 1.807) is 0 Å². The van der Waals surface area contributed by atoms with E-state index in [1.165, 1.54) is 51.0 Å². The van der Waals surface area contributed by atoms with Crippen molar-refractivity contribution in [2.24, 2.45) is 13.0 Å². The van der Waals surface area contributed by atoms with Crippen molar-refractivity contribution in [3.8, 4) is 0 Å². The van der Waals surface area contributed by atoms with Crippen LogP contribution >= 0.6 is 11.6 Å². The Morgan fingerprint density at radius 1 is 1.24 bits per heavy atom. The Labute approximate surface area is 132 Å². The third-order valence-electron chi connectivity index (χ3n) is 4.86. The van der Waals surface area contributed by atoms with E-state index in [4.69, 9.17) is 11.6 Å². The molecule has 1 aromatic heterocycles. The molecular formula is C16H27ClN4. The highest BCUT2D eigenvalue weighted by atomic mass is 35.5. The van der Waals surface area contributed by atoms with Crippen LogP contribution in [0.2, 0.25) is 5.02 Å². The van der Waals surface area contributed by atoms with Crippen LogP contribution < -0.4 is 5.32 Å². The highest BCUT2D eigenvalue weighted by Gasteiger charge is 2.25. The van der Waals surface area contributed by atoms with Gasteiger partial charge in [-0.2, -0.15) is 5.10 Å². The number of hydrogen-bond donors (Lipinski definition) is 1. The molecule has 2 fully saturated rings. The van der Waals surface area contributed by atoms with Gasteiger partial charge in [0, 0.05) is 19.6 Å². The lowest BCUT2D eigenvalue weighted by Gasteiger charge is -2.32. The quantitative estimate of drug-likeness (QED) is 0.877. The minimum atomic E-state index is 0.837. The Balaban J connectivity index is 1.49. The molecule has 1 saturated carbocycles. The summed E-state index contributed by atoms with van der Waals surface area (Å²) in [5, 5.41) is 9.05. The van der Waals surface area contributed by atoms with Gasteiger partial charge < -0.3 is 5.32 Å². The largest absolute Gasteiger partial charge is 0.314 e. The first-order valence-electron chi connectivity index (χ1n) is 8.33. The fourth-order valence-electron chi connectivity index (χ4n) is 3.17. The molecule has 0 aromatic carbocycles. The van der Waals surface area contributed by atoms with E-state index in [1.807, 2.05) is 11.7 Å². The number of halogens is 1. The van der Waals surface area contributed by atoms with Gasteiger partial charge in [-0.25, -0.2) is 0 Å². The van der Waals surface area contributed by atoms with E-state index in [-0.39, 0.29) is 0 Å². The number of likely N-dealkylation sites (tertiary alicyclic amines) is 1. The second-order valence-electron chi connectivity index (χ2n) is 6.59. The van der Waals surface area contributed by atoms with Crippen LogP contribution in [0.25, 0.3) is 0 Å². The Hall–Kier alpha value is -0.580. The molecule has 21 heavy (non-hydrogen) atoms. The van der Waals surface area contributed by atoms with Gasteiger partial charge in [0.2, 0.25) is 0 Å². The van der Waals surface area contributed by atoms with Crippen molar-refractivity contribution >= 4 is 11.6 Å². The highest BCUT2D eigenvalue weighted by molar-refractivity contribution is 6.31. The van der Waals surface area contributed by atoms with E-state index in [0.29, 0.717) is 0 Å². The molecule has 0 atom stereocenters. The highest BCUT2D eigenvalue weighted by Crippen LogP contribution is 2.25. The topological polar surface area (TPSA) is 33.1 Å². The third kappa shape index (κ3) is 3.79. The van der Waals surface area contributed by atoms with Crippen molar-refractivity contribution in [2.75, 3.05) is 19.6 Å². The number of aromatic nitrogens is 2. The summed E-state index contributed by atoms with van der Waals surface area (Å²) >= 11 is 6.45. The molecule has 1 aliphatic carbocycles. The maximum absolute atomic E-state index is 6.45. The maximum Gasteiger partial charge on any atom is 0.0863 e. The van der Waals surface area contributed by atoms with Crippen LogP contribution in [0.15, 0.2) is 0 Å². The molecule has 1 saturated heterocycles. The Kier molecular flexibility index (Phi) is 4.87. The average Bonchev–Trinajstić information content (AvgIpc) is 3.28. The van der Waals surface area contributed by atoms with E-state index < -0.39 is 0 Å². The van der Waals surface area contributed by atoms with Gasteiger partial charge in [-0.1, -0.05) is 18.5 Å². The van der Waals surface area contributed by atoms with Crippen LogP contribution in [0, 0.1) is 5.92 Å². The molecule has 0 bridgehead atoms. The minimum Gasteiger partial charge on any atom is -0.314 e. The second-order valence-corrected chi connectivity index (χ2v) is 6.96. The zero-order valence-corrected chi connectivity index (χ0v) is 14.0. The molecule has 0 radical (unpaired) electrons. The Morgan fingerprint density at radius 3 is 2.52 bits per heavy atom. The number of rotatable bonds is 6. The fourth-order valence-corrected chi connectivity index (χ4v) is 3.53. The molecule has 1 N–H and O–H groups in total. The first kappa shape index (κ1) is 15.3. The lowest BCUT2D eigenvalue weighted by Crippen LogP contribution is -2.37. The van der Waals surface area contributed by atoms with Gasteiger partial charge >= 0.3 is 0 Å². The summed E-state index contributed by atoms with van der Waals surface area (Å²) in [5.74, 6) is 0.857. The van der Waals surface area contributed by atoms with Crippen molar-refractivity contribution in [1.29, 1.82) is 0 Å². The van der Waals surface area contributed by atoms with Crippen molar-refractivity contribution in [1.82, 2.24) is 20.0 Å². The van der Waals surface area contributed by atoms with Crippen molar-refractivity contribution in [3.05, 3.63) is 16.4 Å². The van der Waals surface area contributed by atoms with Gasteiger partial charge in [0.25, 0.3) is 0 Å². The number of piperidine rings is 1. The van der Waals surface area contributed by atoms with Gasteiger partial charge in [0.15, 0.2) is 0 Å². The number of nitrogens with zero attached hydrogens (tertiary/aromatic N) is 3. The molecule has 1 aliphatic heterocycles. The first-order chi connectivity index (χ1) is 10.2. The zero-order chi connectivity index (χ0) is 14.8. The summed E-state index contributed by atoms with van der Waals surface area (Å²) < 4.78 is 1.96. The molecule has 0 unspecified atom stereocenters. The standard InChI is InChI=1S/C16H27ClN4/c1-3-14-16(17)15(20(2)19-14)11-21-8-6-12(7-9-21)10-18-13-4-5-13/h12-13,18H,3-11H2,1-2H3. The SMILES string of the molecule is CCc1nn(C)c(CN2CCC(CNC3CC3)CC2)c1Cl. The van der Waals surface area contributed by atoms with Crippen molar-refractivity contribution < 1.29 is 0 Å². The molecular weight excluding hydrogens is 284 g/mol. The smallest absolute Gasteiger partial charge is 0.0863 e. The summed E-state index contributed by atoms with van der Waals surface area (Å²) in [5.41, 5.74) is 2.20. The molecule has 0 amide bonds. The molecule has 3 rings (SSSR count). The van der Waals surface area contributed by atoms with Crippen LogP contribution in [0.3, 0.4) is 0 Å². The maximum atomic E-state index is 6.45. The van der Waals surface area contributed by atoms with Gasteiger partial charge in [-0.05, 0) is 57.7 Å². The van der Waals surface area contributed by atoms with Gasteiger partial charge in [-0.15, -0.1) is 0 Å². The normalized spacial score (nSPS) is 21.1. The summed E-state index contributed by atoms with van der Waals surface area (Å²) in [6, 6.07) is 0.837. The molecule has 2 aliphatic rings. The van der Waals surface area contributed by atoms with Gasteiger partial charge in [0.05, 0.1) is 16.4 Å². The molecule has 1 aromatic rings. The van der Waals surface area contributed by atoms with Crippen LogP contribution in [0.5, 0.6) is 0 Å². The zero-order valence-electron chi connectivity index (χ0n) is 13.2. The van der Waals surface area contributed by atoms with Crippen LogP contribution in [-0.4, -0.2) is 40.4 Å². The molecule has 5 heteroatoms. The Morgan fingerprint density at radius 2 is 1.95 bits per heavy atom. The summed E-state index contributed by atoms with van der Waals surface area (Å²) in [4.78, 5) is 2.52. The van der Waals surface area contributed by atoms with Gasteiger partial charge in [0.1, 0.15) is 0 Å². The average molecular weight is 311 g/mol. The lowest BCUT2D eigenvalue weighted by molar-refractivity contribution is 0.172. The lowest BCUT2D eigenvalue weighted by atomic mass is 9.96. The second kappa shape index (κ2) is 6.67. The Bertz CT molecular complexity index is 473. The van der Waals surface area contributed by atoms with E-state index in [2.05, 4.69) is 22.2 Å². The van der Waals surface area contributed by atoms with E-state index >= 15 is 0 Å². The van der Waals surface area contributed by atoms with Crippen LogP contribution in [-0.2, 0) is 20.0 Å². The molecule has 2 heterocycles. The van der Waals surface area contributed by atoms with Crippen LogP contribution in [0.1, 0.15) is 44.0 Å². The number of hydrogen-bond acceptors (Lipinski definition) is 3. The molecule has 118 valence electrons. The predicted octanol–water partition coefficient (Wildman–Crippen LogP) is 2.60. The van der Waals surface area contributed by atoms with E-state index in [0.717, 1.165) is 35.6 Å². The summed E-state index contributed by atoms with van der Waals surface area (Å²) in [7, 11) is 2.01. The summed E-state index contributed by atoms with van der Waals surface area (Å²) in [6.07, 6.45) is 6.28. The van der Waals surface area contributed by atoms with E-state index in [9.17, 15) is 0 Å². The van der Waals surface area contributed by atoms with Crippen molar-refractivity contribution in [3.63, 3.8) is 0 Å². The number of nitrogens with one attached hydrogen (secondary N) is 1. The fraction of sp³-hybridized carbons (Fsp3) is 0.812. The molecule has 4 nitrogen and oxygen atoms in total. The summed E-state index contributed by atoms with van der Waals surface area (Å²) in [6.45, 7) is 6.62. The van der Waals surface area contributed by atoms with Crippen molar-refractivity contribution in [2.45, 2.75) is 51.6 Å². The van der Waals surface area contributed by atoms with Gasteiger partial charge in [-0.3, -0.25) is 9.58 Å². The predicted molar refractivity (Wildman–Crippen MR) is 86.6 cm³/mol. The number of aryl methyl sites for hydroxylation is 2.